The van der Waals surface area contributed by atoms with Crippen molar-refractivity contribution in [2.24, 2.45) is 5.92 Å². The van der Waals surface area contributed by atoms with Gasteiger partial charge in [0.25, 0.3) is 0 Å². The fourth-order valence-electron chi connectivity index (χ4n) is 5.72. The quantitative estimate of drug-likeness (QED) is 0.190. The first kappa shape index (κ1) is 24.4. The topological polar surface area (TPSA) is 115 Å². The number of aromatic amines is 2. The van der Waals surface area contributed by atoms with Crippen molar-refractivity contribution in [3.63, 3.8) is 0 Å². The first-order valence-electron chi connectivity index (χ1n) is 13.6. The minimum absolute atomic E-state index is 0.168. The summed E-state index contributed by atoms with van der Waals surface area (Å²) < 4.78 is 14.0. The summed E-state index contributed by atoms with van der Waals surface area (Å²) in [6.07, 6.45) is 10.8. The molecule has 200 valence electrons. The highest BCUT2D eigenvalue weighted by atomic mass is 19.1. The Morgan fingerprint density at radius 3 is 2.70 bits per heavy atom. The standard InChI is InChI=1S/C31H28FN7O/c32-23-10-21(11-24(40)13-23)28-30-27(7-8-35-28)36-31(37-30)29-25-12-20(5-6-26(25)38-39-29)22-9-19(16-34-17-22)15-33-14-18-3-1-2-4-18/h5-13,16-18,33,40H,1-4,14-15H2,(H,36,37)(H,38,39). The monoisotopic (exact) mass is 533 g/mol. The fourth-order valence-corrected chi connectivity index (χ4v) is 5.72. The number of rotatable bonds is 7. The second-order valence-corrected chi connectivity index (χ2v) is 10.5. The molecule has 6 aromatic rings. The minimum Gasteiger partial charge on any atom is -0.508 e. The van der Waals surface area contributed by atoms with Gasteiger partial charge in [-0.25, -0.2) is 9.37 Å². The van der Waals surface area contributed by atoms with E-state index in [-0.39, 0.29) is 5.75 Å². The molecule has 0 bridgehead atoms. The van der Waals surface area contributed by atoms with E-state index < -0.39 is 5.82 Å². The van der Waals surface area contributed by atoms with Crippen LogP contribution >= 0.6 is 0 Å². The molecule has 0 aliphatic heterocycles. The smallest absolute Gasteiger partial charge is 0.159 e. The van der Waals surface area contributed by atoms with E-state index in [4.69, 9.17) is 4.98 Å². The fraction of sp³-hybridized carbons (Fsp3) is 0.226. The molecule has 4 aromatic heterocycles. The molecule has 2 aromatic carbocycles. The minimum atomic E-state index is -0.543. The summed E-state index contributed by atoms with van der Waals surface area (Å²) >= 11 is 0. The Bertz CT molecular complexity index is 1820. The summed E-state index contributed by atoms with van der Waals surface area (Å²) in [5.41, 5.74) is 7.00. The van der Waals surface area contributed by atoms with Crippen LogP contribution in [0.1, 0.15) is 31.2 Å². The van der Waals surface area contributed by atoms with Gasteiger partial charge in [0, 0.05) is 47.7 Å². The Hall–Kier alpha value is -4.63. The number of phenols is 1. The van der Waals surface area contributed by atoms with Crippen LogP contribution in [0.3, 0.4) is 0 Å². The Morgan fingerprint density at radius 2 is 1.82 bits per heavy atom. The molecule has 0 amide bonds. The number of phenolic OH excluding ortho intramolecular Hbond substituents is 1. The highest BCUT2D eigenvalue weighted by Gasteiger charge is 2.18. The third-order valence-corrected chi connectivity index (χ3v) is 7.71. The van der Waals surface area contributed by atoms with Gasteiger partial charge in [0.1, 0.15) is 22.8 Å². The summed E-state index contributed by atoms with van der Waals surface area (Å²) in [5, 5.41) is 22.1. The second kappa shape index (κ2) is 10.2. The van der Waals surface area contributed by atoms with Crippen LogP contribution in [0.15, 0.2) is 67.1 Å². The van der Waals surface area contributed by atoms with Crippen molar-refractivity contribution < 1.29 is 9.50 Å². The lowest BCUT2D eigenvalue weighted by molar-refractivity contribution is 0.469. The number of benzene rings is 2. The van der Waals surface area contributed by atoms with Crippen LogP contribution < -0.4 is 5.32 Å². The Kier molecular flexibility index (Phi) is 6.20. The lowest BCUT2D eigenvalue weighted by Gasteiger charge is -2.11. The molecule has 0 atom stereocenters. The van der Waals surface area contributed by atoms with Crippen LogP contribution in [-0.2, 0) is 6.54 Å². The molecule has 4 heterocycles. The van der Waals surface area contributed by atoms with E-state index in [1.807, 2.05) is 24.5 Å². The molecule has 1 saturated carbocycles. The molecule has 1 fully saturated rings. The normalized spacial score (nSPS) is 14.0. The van der Waals surface area contributed by atoms with Crippen molar-refractivity contribution >= 4 is 21.9 Å². The summed E-state index contributed by atoms with van der Waals surface area (Å²) in [6, 6.07) is 14.0. The van der Waals surface area contributed by atoms with Gasteiger partial charge in [-0.3, -0.25) is 15.1 Å². The van der Waals surface area contributed by atoms with E-state index in [2.05, 4.69) is 48.7 Å². The molecule has 0 spiro atoms. The number of imidazole rings is 1. The maximum absolute atomic E-state index is 14.0. The zero-order valence-electron chi connectivity index (χ0n) is 21.8. The van der Waals surface area contributed by atoms with Crippen molar-refractivity contribution in [3.05, 3.63) is 78.5 Å². The van der Waals surface area contributed by atoms with E-state index >= 15 is 0 Å². The SMILES string of the molecule is Oc1cc(F)cc(-c2nccc3[nH]c(-c4n[nH]c5ccc(-c6cncc(CNCC7CCCC7)c6)cc45)nc23)c1. The average Bonchev–Trinajstić information content (AvgIpc) is 3.71. The van der Waals surface area contributed by atoms with Crippen LogP contribution in [-0.4, -0.2) is 41.8 Å². The highest BCUT2D eigenvalue weighted by Crippen LogP contribution is 2.33. The zero-order chi connectivity index (χ0) is 27.1. The van der Waals surface area contributed by atoms with Crippen LogP contribution in [0.5, 0.6) is 5.75 Å². The zero-order valence-corrected chi connectivity index (χ0v) is 21.8. The molecule has 0 saturated heterocycles. The number of halogens is 1. The van der Waals surface area contributed by atoms with E-state index in [9.17, 15) is 9.50 Å². The van der Waals surface area contributed by atoms with Gasteiger partial charge >= 0.3 is 0 Å². The van der Waals surface area contributed by atoms with Crippen molar-refractivity contribution in [3.8, 4) is 39.7 Å². The second-order valence-electron chi connectivity index (χ2n) is 10.5. The number of nitrogens with one attached hydrogen (secondary N) is 3. The molecule has 1 aliphatic carbocycles. The summed E-state index contributed by atoms with van der Waals surface area (Å²) in [6.45, 7) is 1.86. The highest BCUT2D eigenvalue weighted by molar-refractivity contribution is 5.97. The number of hydrogen-bond donors (Lipinski definition) is 4. The van der Waals surface area contributed by atoms with Gasteiger partial charge in [0.2, 0.25) is 0 Å². The molecular weight excluding hydrogens is 505 g/mol. The molecular formula is C31H28FN7O. The predicted octanol–water partition coefficient (Wildman–Crippen LogP) is 6.35. The van der Waals surface area contributed by atoms with Crippen molar-refractivity contribution in [2.45, 2.75) is 32.2 Å². The number of fused-ring (bicyclic) bond motifs is 2. The van der Waals surface area contributed by atoms with Gasteiger partial charge in [0.05, 0.1) is 16.7 Å². The first-order valence-corrected chi connectivity index (χ1v) is 13.6. The van der Waals surface area contributed by atoms with Gasteiger partial charge in [-0.2, -0.15) is 5.10 Å². The average molecular weight is 534 g/mol. The number of H-pyrrole nitrogens is 2. The molecule has 8 nitrogen and oxygen atoms in total. The Morgan fingerprint density at radius 1 is 0.925 bits per heavy atom. The number of aromatic hydroxyl groups is 1. The van der Waals surface area contributed by atoms with Crippen LogP contribution in [0, 0.1) is 11.7 Å². The third kappa shape index (κ3) is 4.69. The van der Waals surface area contributed by atoms with Gasteiger partial charge in [-0.1, -0.05) is 18.9 Å². The van der Waals surface area contributed by atoms with Gasteiger partial charge in [-0.15, -0.1) is 0 Å². The Balaban J connectivity index is 1.21. The Labute approximate surface area is 229 Å². The molecule has 7 rings (SSSR count). The maximum atomic E-state index is 14.0. The van der Waals surface area contributed by atoms with Crippen molar-refractivity contribution in [1.29, 1.82) is 0 Å². The first-order chi connectivity index (χ1) is 19.6. The van der Waals surface area contributed by atoms with Gasteiger partial charge in [-0.05, 0) is 72.8 Å². The molecule has 0 unspecified atom stereocenters. The summed E-state index contributed by atoms with van der Waals surface area (Å²) in [5.74, 6) is 0.650. The third-order valence-electron chi connectivity index (χ3n) is 7.71. The van der Waals surface area contributed by atoms with Crippen LogP contribution in [0.2, 0.25) is 0 Å². The van der Waals surface area contributed by atoms with Gasteiger partial charge < -0.3 is 15.4 Å². The molecule has 0 radical (unpaired) electrons. The summed E-state index contributed by atoms with van der Waals surface area (Å²) in [7, 11) is 0. The lowest BCUT2D eigenvalue weighted by atomic mass is 10.0. The number of nitrogens with zero attached hydrogens (tertiary/aromatic N) is 4. The van der Waals surface area contributed by atoms with E-state index in [1.54, 1.807) is 6.20 Å². The maximum Gasteiger partial charge on any atom is 0.159 e. The molecule has 9 heteroatoms. The number of aromatic nitrogens is 6. The van der Waals surface area contributed by atoms with E-state index in [0.29, 0.717) is 28.3 Å². The van der Waals surface area contributed by atoms with E-state index in [0.717, 1.165) is 58.2 Å². The molecule has 40 heavy (non-hydrogen) atoms. The number of hydrogen-bond acceptors (Lipinski definition) is 6. The summed E-state index contributed by atoms with van der Waals surface area (Å²) in [4.78, 5) is 17.1. The van der Waals surface area contributed by atoms with Crippen molar-refractivity contribution in [2.75, 3.05) is 6.54 Å². The molecule has 4 N–H and O–H groups in total. The predicted molar refractivity (Wildman–Crippen MR) is 153 cm³/mol. The van der Waals surface area contributed by atoms with Crippen molar-refractivity contribution in [1.82, 2.24) is 35.5 Å². The van der Waals surface area contributed by atoms with Crippen LogP contribution in [0.25, 0.3) is 55.8 Å². The van der Waals surface area contributed by atoms with E-state index in [1.165, 1.54) is 37.8 Å². The lowest BCUT2D eigenvalue weighted by Crippen LogP contribution is -2.20. The number of pyridine rings is 2. The molecule has 1 aliphatic rings. The van der Waals surface area contributed by atoms with Gasteiger partial charge in [0.15, 0.2) is 5.82 Å². The largest absolute Gasteiger partial charge is 0.508 e. The van der Waals surface area contributed by atoms with Crippen LogP contribution in [0.4, 0.5) is 4.39 Å².